The molecule has 0 unspecified atom stereocenters. The molecule has 144 valence electrons. The summed E-state index contributed by atoms with van der Waals surface area (Å²) in [5, 5.41) is 3.40. The predicted molar refractivity (Wildman–Crippen MR) is 111 cm³/mol. The van der Waals surface area contributed by atoms with E-state index in [1.807, 2.05) is 18.2 Å². The number of anilines is 1. The highest BCUT2D eigenvalue weighted by atomic mass is 35.5. The molecule has 2 N–H and O–H groups in total. The Morgan fingerprint density at radius 3 is 2.32 bits per heavy atom. The van der Waals surface area contributed by atoms with Gasteiger partial charge in [-0.1, -0.05) is 48.0 Å². The summed E-state index contributed by atoms with van der Waals surface area (Å²) < 4.78 is 27.5. The van der Waals surface area contributed by atoms with Crippen LogP contribution in [-0.2, 0) is 16.6 Å². The summed E-state index contributed by atoms with van der Waals surface area (Å²) in [6, 6.07) is 20.2. The number of hydrogen-bond donors (Lipinski definition) is 2. The van der Waals surface area contributed by atoms with Gasteiger partial charge in [-0.25, -0.2) is 8.42 Å². The maximum absolute atomic E-state index is 12.5. The third-order valence-electron chi connectivity index (χ3n) is 4.18. The van der Waals surface area contributed by atoms with Gasteiger partial charge < -0.3 is 5.32 Å². The van der Waals surface area contributed by atoms with Gasteiger partial charge in [-0.3, -0.25) is 9.52 Å². The summed E-state index contributed by atoms with van der Waals surface area (Å²) in [6.07, 6.45) is 0. The lowest BCUT2D eigenvalue weighted by Crippen LogP contribution is -2.23. The van der Waals surface area contributed by atoms with Gasteiger partial charge in [0.25, 0.3) is 15.9 Å². The van der Waals surface area contributed by atoms with Crippen LogP contribution in [0.3, 0.4) is 0 Å². The first-order chi connectivity index (χ1) is 13.4. The molecule has 0 saturated heterocycles. The normalized spacial score (nSPS) is 11.1. The zero-order chi connectivity index (χ0) is 20.1. The van der Waals surface area contributed by atoms with E-state index < -0.39 is 10.0 Å². The van der Waals surface area contributed by atoms with Crippen molar-refractivity contribution in [2.24, 2.45) is 0 Å². The quantitative estimate of drug-likeness (QED) is 0.628. The van der Waals surface area contributed by atoms with E-state index in [1.165, 1.54) is 12.1 Å². The van der Waals surface area contributed by atoms with Gasteiger partial charge in [-0.05, 0) is 54.4 Å². The molecule has 3 aromatic rings. The molecule has 28 heavy (non-hydrogen) atoms. The van der Waals surface area contributed by atoms with Crippen LogP contribution in [0.1, 0.15) is 21.5 Å². The first kappa shape index (κ1) is 19.9. The fourth-order valence-corrected chi connectivity index (χ4v) is 4.00. The maximum Gasteiger partial charge on any atom is 0.261 e. The van der Waals surface area contributed by atoms with Crippen LogP contribution in [0.2, 0.25) is 5.02 Å². The highest BCUT2D eigenvalue weighted by Crippen LogP contribution is 2.21. The van der Waals surface area contributed by atoms with E-state index in [0.717, 1.165) is 5.56 Å². The largest absolute Gasteiger partial charge is 0.348 e. The lowest BCUT2D eigenvalue weighted by molar-refractivity contribution is 0.0951. The second-order valence-electron chi connectivity index (χ2n) is 6.22. The van der Waals surface area contributed by atoms with Crippen molar-refractivity contribution < 1.29 is 13.2 Å². The number of amides is 1. The highest BCUT2D eigenvalue weighted by Gasteiger charge is 2.16. The van der Waals surface area contributed by atoms with Crippen molar-refractivity contribution >= 4 is 33.2 Å². The van der Waals surface area contributed by atoms with Crippen molar-refractivity contribution in [2.75, 3.05) is 4.72 Å². The molecule has 3 aromatic carbocycles. The van der Waals surface area contributed by atoms with Crippen molar-refractivity contribution in [2.45, 2.75) is 18.4 Å². The molecule has 0 saturated carbocycles. The van der Waals surface area contributed by atoms with E-state index in [9.17, 15) is 13.2 Å². The molecule has 0 bridgehead atoms. The van der Waals surface area contributed by atoms with Crippen LogP contribution in [0.4, 0.5) is 5.69 Å². The van der Waals surface area contributed by atoms with Crippen LogP contribution in [0, 0.1) is 6.92 Å². The molecule has 0 heterocycles. The van der Waals surface area contributed by atoms with Gasteiger partial charge >= 0.3 is 0 Å². The monoisotopic (exact) mass is 414 g/mol. The fraction of sp³-hybridized carbons (Fsp3) is 0.0952. The SMILES string of the molecule is Cc1cc(C(=O)NCc2ccccc2Cl)ccc1NS(=O)(=O)c1ccccc1. The number of benzene rings is 3. The zero-order valence-corrected chi connectivity index (χ0v) is 16.7. The van der Waals surface area contributed by atoms with Crippen LogP contribution >= 0.6 is 11.6 Å². The van der Waals surface area contributed by atoms with Gasteiger partial charge in [0.1, 0.15) is 0 Å². The Morgan fingerprint density at radius 2 is 1.64 bits per heavy atom. The Labute approximate surface area is 169 Å². The summed E-state index contributed by atoms with van der Waals surface area (Å²) in [7, 11) is -3.69. The molecular formula is C21H19ClN2O3S. The van der Waals surface area contributed by atoms with Crippen LogP contribution in [0.25, 0.3) is 0 Å². The number of halogens is 1. The van der Waals surface area contributed by atoms with Crippen molar-refractivity contribution in [3.05, 3.63) is 94.5 Å². The van der Waals surface area contributed by atoms with Crippen molar-refractivity contribution in [1.82, 2.24) is 5.32 Å². The van der Waals surface area contributed by atoms with E-state index in [1.54, 1.807) is 49.4 Å². The van der Waals surface area contributed by atoms with Gasteiger partial charge in [-0.2, -0.15) is 0 Å². The minimum absolute atomic E-state index is 0.177. The maximum atomic E-state index is 12.5. The fourth-order valence-electron chi connectivity index (χ4n) is 2.64. The Morgan fingerprint density at radius 1 is 0.964 bits per heavy atom. The minimum atomic E-state index is -3.69. The van der Waals surface area contributed by atoms with Gasteiger partial charge in [-0.15, -0.1) is 0 Å². The molecule has 7 heteroatoms. The van der Waals surface area contributed by atoms with Gasteiger partial charge in [0.05, 0.1) is 10.6 Å². The molecule has 5 nitrogen and oxygen atoms in total. The molecular weight excluding hydrogens is 396 g/mol. The van der Waals surface area contributed by atoms with Gasteiger partial charge in [0.2, 0.25) is 0 Å². The third kappa shape index (κ3) is 4.71. The average Bonchev–Trinajstić information content (AvgIpc) is 2.69. The Hall–Kier alpha value is -2.83. The summed E-state index contributed by atoms with van der Waals surface area (Å²) in [5.41, 5.74) is 2.32. The minimum Gasteiger partial charge on any atom is -0.348 e. The smallest absolute Gasteiger partial charge is 0.261 e. The van der Waals surface area contributed by atoms with E-state index in [0.29, 0.717) is 28.4 Å². The lowest BCUT2D eigenvalue weighted by atomic mass is 10.1. The third-order valence-corrected chi connectivity index (χ3v) is 5.93. The molecule has 0 aromatic heterocycles. The molecule has 0 fully saturated rings. The summed E-state index contributed by atoms with van der Waals surface area (Å²) >= 11 is 6.10. The Kier molecular flexibility index (Phi) is 6.02. The van der Waals surface area contributed by atoms with E-state index in [2.05, 4.69) is 10.0 Å². The Balaban J connectivity index is 1.71. The molecule has 3 rings (SSSR count). The first-order valence-electron chi connectivity index (χ1n) is 8.57. The molecule has 0 aliphatic heterocycles. The van der Waals surface area contributed by atoms with Crippen molar-refractivity contribution in [3.63, 3.8) is 0 Å². The van der Waals surface area contributed by atoms with E-state index in [4.69, 9.17) is 11.6 Å². The number of nitrogens with one attached hydrogen (secondary N) is 2. The molecule has 1 amide bonds. The summed E-state index contributed by atoms with van der Waals surface area (Å²) in [6.45, 7) is 2.05. The lowest BCUT2D eigenvalue weighted by Gasteiger charge is -2.12. The van der Waals surface area contributed by atoms with Crippen LogP contribution in [0.15, 0.2) is 77.7 Å². The number of sulfonamides is 1. The molecule has 0 atom stereocenters. The highest BCUT2D eigenvalue weighted by molar-refractivity contribution is 7.92. The van der Waals surface area contributed by atoms with Crippen LogP contribution in [-0.4, -0.2) is 14.3 Å². The average molecular weight is 415 g/mol. The summed E-state index contributed by atoms with van der Waals surface area (Å²) in [5.74, 6) is -0.263. The molecule has 0 aliphatic carbocycles. The zero-order valence-electron chi connectivity index (χ0n) is 15.1. The number of carbonyl (C=O) groups excluding carboxylic acids is 1. The number of rotatable bonds is 6. The van der Waals surface area contributed by atoms with Crippen molar-refractivity contribution in [1.29, 1.82) is 0 Å². The first-order valence-corrected chi connectivity index (χ1v) is 10.4. The standard InChI is InChI=1S/C21H19ClN2O3S/c1-15-13-16(21(25)23-14-17-7-5-6-10-19(17)22)11-12-20(15)24-28(26,27)18-8-3-2-4-9-18/h2-13,24H,14H2,1H3,(H,23,25). The molecule has 0 radical (unpaired) electrons. The summed E-state index contributed by atoms with van der Waals surface area (Å²) in [4.78, 5) is 12.6. The van der Waals surface area contributed by atoms with E-state index >= 15 is 0 Å². The number of carbonyl (C=O) groups is 1. The second kappa shape index (κ2) is 8.46. The number of aryl methyl sites for hydroxylation is 1. The molecule has 0 spiro atoms. The van der Waals surface area contributed by atoms with Crippen LogP contribution in [0.5, 0.6) is 0 Å². The Bertz CT molecular complexity index is 1100. The predicted octanol–water partition coefficient (Wildman–Crippen LogP) is 4.38. The van der Waals surface area contributed by atoms with Crippen LogP contribution < -0.4 is 10.0 Å². The van der Waals surface area contributed by atoms with E-state index in [-0.39, 0.29) is 10.8 Å². The number of hydrogen-bond acceptors (Lipinski definition) is 3. The van der Waals surface area contributed by atoms with Crippen molar-refractivity contribution in [3.8, 4) is 0 Å². The topological polar surface area (TPSA) is 75.3 Å². The second-order valence-corrected chi connectivity index (χ2v) is 8.31. The van der Waals surface area contributed by atoms with Gasteiger partial charge in [0, 0.05) is 17.1 Å². The van der Waals surface area contributed by atoms with Gasteiger partial charge in [0.15, 0.2) is 0 Å². The molecule has 0 aliphatic rings.